The Morgan fingerprint density at radius 3 is 2.57 bits per heavy atom. The summed E-state index contributed by atoms with van der Waals surface area (Å²) in [6.45, 7) is 9.64. The lowest BCUT2D eigenvalue weighted by atomic mass is 9.97. The summed E-state index contributed by atoms with van der Waals surface area (Å²) in [5.74, 6) is 1.78. The molecular weight excluding hydrogens is 172 g/mol. The zero-order chi connectivity index (χ0) is 10.4. The molecule has 1 rings (SSSR count). The second-order valence-corrected chi connectivity index (χ2v) is 4.93. The minimum absolute atomic E-state index is 0.849. The standard InChI is InChI=1S/C12H26N2/c1-4-11(2)9-14(3)10-12-5-7-13-8-6-12/h11-13H,4-10H2,1-3H3. The molecule has 2 nitrogen and oxygen atoms in total. The third-order valence-electron chi connectivity index (χ3n) is 3.35. The van der Waals surface area contributed by atoms with Crippen LogP contribution in [0.4, 0.5) is 0 Å². The lowest BCUT2D eigenvalue weighted by molar-refractivity contribution is 0.216. The van der Waals surface area contributed by atoms with Crippen LogP contribution >= 0.6 is 0 Å². The van der Waals surface area contributed by atoms with Crippen LogP contribution in [0.5, 0.6) is 0 Å². The van der Waals surface area contributed by atoms with Crippen molar-refractivity contribution in [2.24, 2.45) is 11.8 Å². The summed E-state index contributed by atoms with van der Waals surface area (Å²) < 4.78 is 0. The van der Waals surface area contributed by atoms with Gasteiger partial charge in [0.25, 0.3) is 0 Å². The van der Waals surface area contributed by atoms with Gasteiger partial charge in [-0.2, -0.15) is 0 Å². The van der Waals surface area contributed by atoms with Gasteiger partial charge in [0.1, 0.15) is 0 Å². The number of rotatable bonds is 5. The van der Waals surface area contributed by atoms with Gasteiger partial charge in [0, 0.05) is 13.1 Å². The molecule has 1 N–H and O–H groups in total. The van der Waals surface area contributed by atoms with Crippen LogP contribution in [-0.4, -0.2) is 38.1 Å². The molecular formula is C12H26N2. The van der Waals surface area contributed by atoms with Crippen LogP contribution in [-0.2, 0) is 0 Å². The fraction of sp³-hybridized carbons (Fsp3) is 1.00. The van der Waals surface area contributed by atoms with Gasteiger partial charge in [0.15, 0.2) is 0 Å². The van der Waals surface area contributed by atoms with Crippen molar-refractivity contribution in [3.8, 4) is 0 Å². The second-order valence-electron chi connectivity index (χ2n) is 4.93. The molecule has 1 fully saturated rings. The Morgan fingerprint density at radius 1 is 1.36 bits per heavy atom. The topological polar surface area (TPSA) is 15.3 Å². The molecule has 1 aliphatic rings. The molecule has 0 spiro atoms. The normalized spacial score (nSPS) is 21.4. The summed E-state index contributed by atoms with van der Waals surface area (Å²) in [5.41, 5.74) is 0. The second kappa shape index (κ2) is 6.41. The molecule has 0 saturated carbocycles. The molecule has 14 heavy (non-hydrogen) atoms. The van der Waals surface area contributed by atoms with Gasteiger partial charge in [-0.3, -0.25) is 0 Å². The van der Waals surface area contributed by atoms with Gasteiger partial charge in [0.2, 0.25) is 0 Å². The molecule has 1 saturated heterocycles. The van der Waals surface area contributed by atoms with Gasteiger partial charge in [-0.05, 0) is 44.8 Å². The smallest absolute Gasteiger partial charge is 0.000767 e. The van der Waals surface area contributed by atoms with Crippen LogP contribution in [0.2, 0.25) is 0 Å². The fourth-order valence-electron chi connectivity index (χ4n) is 2.24. The van der Waals surface area contributed by atoms with Gasteiger partial charge < -0.3 is 10.2 Å². The van der Waals surface area contributed by atoms with E-state index in [1.165, 1.54) is 45.4 Å². The Morgan fingerprint density at radius 2 is 2.00 bits per heavy atom. The molecule has 84 valence electrons. The summed E-state index contributed by atoms with van der Waals surface area (Å²) in [6.07, 6.45) is 4.03. The van der Waals surface area contributed by atoms with Crippen molar-refractivity contribution in [3.63, 3.8) is 0 Å². The van der Waals surface area contributed by atoms with Crippen molar-refractivity contribution in [2.75, 3.05) is 33.2 Å². The fourth-order valence-corrected chi connectivity index (χ4v) is 2.24. The summed E-state index contributed by atoms with van der Waals surface area (Å²) in [4.78, 5) is 2.52. The average molecular weight is 198 g/mol. The predicted octanol–water partition coefficient (Wildman–Crippen LogP) is 1.96. The van der Waals surface area contributed by atoms with Gasteiger partial charge in [-0.15, -0.1) is 0 Å². The quantitative estimate of drug-likeness (QED) is 0.726. The van der Waals surface area contributed by atoms with Crippen molar-refractivity contribution in [2.45, 2.75) is 33.1 Å². The van der Waals surface area contributed by atoms with E-state index < -0.39 is 0 Å². The lowest BCUT2D eigenvalue weighted by Gasteiger charge is -2.28. The molecule has 0 amide bonds. The molecule has 1 atom stereocenters. The first kappa shape index (κ1) is 12.0. The molecule has 0 aromatic carbocycles. The highest BCUT2D eigenvalue weighted by atomic mass is 15.1. The van der Waals surface area contributed by atoms with Crippen LogP contribution in [0.25, 0.3) is 0 Å². The number of hydrogen-bond donors (Lipinski definition) is 1. The molecule has 0 aliphatic carbocycles. The maximum absolute atomic E-state index is 3.42. The number of nitrogens with zero attached hydrogens (tertiary/aromatic N) is 1. The van der Waals surface area contributed by atoms with Crippen molar-refractivity contribution in [3.05, 3.63) is 0 Å². The third-order valence-corrected chi connectivity index (χ3v) is 3.35. The Hall–Kier alpha value is -0.0800. The molecule has 2 heteroatoms. The minimum Gasteiger partial charge on any atom is -0.317 e. The molecule has 1 unspecified atom stereocenters. The Bertz CT molecular complexity index is 141. The van der Waals surface area contributed by atoms with Crippen LogP contribution in [0.3, 0.4) is 0 Å². The Labute approximate surface area is 89.1 Å². The van der Waals surface area contributed by atoms with E-state index >= 15 is 0 Å². The molecule has 1 aliphatic heterocycles. The number of hydrogen-bond acceptors (Lipinski definition) is 2. The highest BCUT2D eigenvalue weighted by Crippen LogP contribution is 2.13. The summed E-state index contributed by atoms with van der Waals surface area (Å²) in [5, 5.41) is 3.42. The lowest BCUT2D eigenvalue weighted by Crippen LogP contribution is -2.36. The summed E-state index contributed by atoms with van der Waals surface area (Å²) in [7, 11) is 2.27. The Balaban J connectivity index is 2.14. The van der Waals surface area contributed by atoms with E-state index in [1.807, 2.05) is 0 Å². The minimum atomic E-state index is 0.849. The maximum Gasteiger partial charge on any atom is 0.000767 e. The van der Waals surface area contributed by atoms with E-state index in [2.05, 4.69) is 31.1 Å². The van der Waals surface area contributed by atoms with E-state index in [-0.39, 0.29) is 0 Å². The summed E-state index contributed by atoms with van der Waals surface area (Å²) >= 11 is 0. The SMILES string of the molecule is CCC(C)CN(C)CC1CCNCC1. The van der Waals surface area contributed by atoms with Crippen LogP contribution in [0, 0.1) is 11.8 Å². The molecule has 0 radical (unpaired) electrons. The first-order chi connectivity index (χ1) is 6.72. The number of nitrogens with one attached hydrogen (secondary N) is 1. The zero-order valence-electron chi connectivity index (χ0n) is 10.1. The van der Waals surface area contributed by atoms with E-state index in [9.17, 15) is 0 Å². The van der Waals surface area contributed by atoms with E-state index in [0.717, 1.165) is 11.8 Å². The molecule has 1 heterocycles. The maximum atomic E-state index is 3.42. The highest BCUT2D eigenvalue weighted by molar-refractivity contribution is 4.71. The third kappa shape index (κ3) is 4.43. The summed E-state index contributed by atoms with van der Waals surface area (Å²) in [6, 6.07) is 0. The highest BCUT2D eigenvalue weighted by Gasteiger charge is 2.15. The van der Waals surface area contributed by atoms with Crippen molar-refractivity contribution in [1.29, 1.82) is 0 Å². The van der Waals surface area contributed by atoms with Crippen molar-refractivity contribution < 1.29 is 0 Å². The van der Waals surface area contributed by atoms with Crippen LogP contribution < -0.4 is 5.32 Å². The zero-order valence-corrected chi connectivity index (χ0v) is 10.1. The number of piperidine rings is 1. The molecule has 0 bridgehead atoms. The monoisotopic (exact) mass is 198 g/mol. The first-order valence-corrected chi connectivity index (χ1v) is 6.11. The van der Waals surface area contributed by atoms with E-state index in [4.69, 9.17) is 0 Å². The molecule has 0 aromatic heterocycles. The average Bonchev–Trinajstić information content (AvgIpc) is 2.19. The van der Waals surface area contributed by atoms with Gasteiger partial charge in [-0.25, -0.2) is 0 Å². The van der Waals surface area contributed by atoms with Crippen molar-refractivity contribution in [1.82, 2.24) is 10.2 Å². The van der Waals surface area contributed by atoms with E-state index in [0.29, 0.717) is 0 Å². The van der Waals surface area contributed by atoms with Gasteiger partial charge in [0.05, 0.1) is 0 Å². The van der Waals surface area contributed by atoms with Crippen molar-refractivity contribution >= 4 is 0 Å². The first-order valence-electron chi connectivity index (χ1n) is 6.11. The van der Waals surface area contributed by atoms with Crippen LogP contribution in [0.1, 0.15) is 33.1 Å². The molecule has 0 aromatic rings. The largest absolute Gasteiger partial charge is 0.317 e. The van der Waals surface area contributed by atoms with E-state index in [1.54, 1.807) is 0 Å². The van der Waals surface area contributed by atoms with Crippen LogP contribution in [0.15, 0.2) is 0 Å². The van der Waals surface area contributed by atoms with Gasteiger partial charge in [-0.1, -0.05) is 20.3 Å². The predicted molar refractivity (Wildman–Crippen MR) is 62.5 cm³/mol. The van der Waals surface area contributed by atoms with Gasteiger partial charge >= 0.3 is 0 Å². The Kier molecular flexibility index (Phi) is 5.49.